The number of nitrogens with one attached hydrogen (secondary N) is 1. The molecule has 0 aromatic heterocycles. The molecule has 2 N–H and O–H groups in total. The summed E-state index contributed by atoms with van der Waals surface area (Å²) >= 11 is 6.97. The molecule has 2 aromatic rings. The Bertz CT molecular complexity index is 658. The number of carbonyl (C=O) groups excluding carboxylic acids is 2. The van der Waals surface area contributed by atoms with E-state index in [4.69, 9.17) is 11.6 Å². The highest BCUT2D eigenvalue weighted by Gasteiger charge is 2.10. The Morgan fingerprint density at radius 3 is 2.52 bits per heavy atom. The van der Waals surface area contributed by atoms with Gasteiger partial charge in [0.25, 0.3) is 5.91 Å². The summed E-state index contributed by atoms with van der Waals surface area (Å²) in [6, 6.07) is 12.8. The Morgan fingerprint density at radius 2 is 1.86 bits per heavy atom. The minimum absolute atomic E-state index is 0.0861. The van der Waals surface area contributed by atoms with Gasteiger partial charge >= 0.3 is 0 Å². The molecule has 0 aliphatic carbocycles. The molecule has 0 heterocycles. The monoisotopic (exact) mass is 321 g/mol. The van der Waals surface area contributed by atoms with Crippen molar-refractivity contribution >= 4 is 35.2 Å². The molecule has 0 unspecified atom stereocenters. The van der Waals surface area contributed by atoms with E-state index in [0.29, 0.717) is 10.6 Å². The molecule has 108 valence electrons. The molecule has 0 fully saturated rings. The molecule has 0 aliphatic rings. The first-order chi connectivity index (χ1) is 10.0. The molecule has 0 aliphatic heterocycles. The van der Waals surface area contributed by atoms with Crippen molar-refractivity contribution in [3.8, 4) is 5.75 Å². The number of rotatable bonds is 4. The third-order valence-corrected chi connectivity index (χ3v) is 3.79. The Kier molecular flexibility index (Phi) is 5.25. The molecule has 2 aromatic carbocycles. The number of benzene rings is 2. The van der Waals surface area contributed by atoms with Crippen molar-refractivity contribution in [1.82, 2.24) is 5.32 Å². The highest BCUT2D eigenvalue weighted by molar-refractivity contribution is 8.00. The standard InChI is InChI=1S/C15H12ClNO3S/c16-11-6-4-10(5-7-11)15(20)17-14(19)9-21-13-3-1-2-12(18)8-13/h1-8,18H,9H2,(H,17,19,20). The zero-order chi connectivity index (χ0) is 15.2. The van der Waals surface area contributed by atoms with Crippen LogP contribution < -0.4 is 5.32 Å². The van der Waals surface area contributed by atoms with Crippen LogP contribution in [0.2, 0.25) is 5.02 Å². The first kappa shape index (κ1) is 15.4. The summed E-state index contributed by atoms with van der Waals surface area (Å²) in [6.07, 6.45) is 0. The predicted octanol–water partition coefficient (Wildman–Crippen LogP) is 3.09. The number of hydrogen-bond donors (Lipinski definition) is 2. The number of amides is 2. The van der Waals surface area contributed by atoms with Gasteiger partial charge in [0.1, 0.15) is 5.75 Å². The molecule has 0 saturated carbocycles. The van der Waals surface area contributed by atoms with Crippen molar-refractivity contribution in [3.63, 3.8) is 0 Å². The minimum Gasteiger partial charge on any atom is -0.508 e. The Balaban J connectivity index is 1.87. The largest absolute Gasteiger partial charge is 0.508 e. The molecular formula is C15H12ClNO3S. The van der Waals surface area contributed by atoms with E-state index in [1.807, 2.05) is 0 Å². The van der Waals surface area contributed by atoms with Crippen molar-refractivity contribution in [2.45, 2.75) is 4.90 Å². The summed E-state index contributed by atoms with van der Waals surface area (Å²) < 4.78 is 0. The SMILES string of the molecule is O=C(CSc1cccc(O)c1)NC(=O)c1ccc(Cl)cc1. The first-order valence-corrected chi connectivity index (χ1v) is 7.42. The van der Waals surface area contributed by atoms with Gasteiger partial charge in [-0.05, 0) is 42.5 Å². The van der Waals surface area contributed by atoms with Crippen LogP contribution in [0.3, 0.4) is 0 Å². The second kappa shape index (κ2) is 7.15. The van der Waals surface area contributed by atoms with Crippen LogP contribution in [-0.4, -0.2) is 22.7 Å². The molecule has 6 heteroatoms. The van der Waals surface area contributed by atoms with Crippen LogP contribution in [0.15, 0.2) is 53.4 Å². The zero-order valence-corrected chi connectivity index (χ0v) is 12.4. The number of phenolic OH excluding ortho intramolecular Hbond substituents is 1. The van der Waals surface area contributed by atoms with Gasteiger partial charge in [-0.15, -0.1) is 11.8 Å². The van der Waals surface area contributed by atoms with Gasteiger partial charge in [-0.25, -0.2) is 0 Å². The van der Waals surface area contributed by atoms with Crippen LogP contribution in [-0.2, 0) is 4.79 Å². The predicted molar refractivity (Wildman–Crippen MR) is 82.8 cm³/mol. The number of imide groups is 1. The number of carbonyl (C=O) groups is 2. The lowest BCUT2D eigenvalue weighted by Crippen LogP contribution is -2.31. The highest BCUT2D eigenvalue weighted by atomic mass is 35.5. The smallest absolute Gasteiger partial charge is 0.257 e. The van der Waals surface area contributed by atoms with Crippen LogP contribution >= 0.6 is 23.4 Å². The van der Waals surface area contributed by atoms with Crippen molar-refractivity contribution in [3.05, 3.63) is 59.1 Å². The molecule has 2 amide bonds. The van der Waals surface area contributed by atoms with Crippen molar-refractivity contribution in [2.24, 2.45) is 0 Å². The van der Waals surface area contributed by atoms with Gasteiger partial charge < -0.3 is 5.11 Å². The van der Waals surface area contributed by atoms with E-state index < -0.39 is 11.8 Å². The van der Waals surface area contributed by atoms with E-state index in [0.717, 1.165) is 4.90 Å². The quantitative estimate of drug-likeness (QED) is 0.849. The van der Waals surface area contributed by atoms with Crippen LogP contribution in [0, 0.1) is 0 Å². The fourth-order valence-corrected chi connectivity index (χ4v) is 2.43. The number of aromatic hydroxyl groups is 1. The summed E-state index contributed by atoms with van der Waals surface area (Å²) in [5.74, 6) is -0.642. The molecule has 0 spiro atoms. The fourth-order valence-electron chi connectivity index (χ4n) is 1.56. The van der Waals surface area contributed by atoms with Gasteiger partial charge in [-0.1, -0.05) is 17.7 Å². The third kappa shape index (κ3) is 4.81. The van der Waals surface area contributed by atoms with E-state index in [9.17, 15) is 14.7 Å². The second-order valence-electron chi connectivity index (χ2n) is 4.17. The van der Waals surface area contributed by atoms with Crippen LogP contribution in [0.4, 0.5) is 0 Å². The lowest BCUT2D eigenvalue weighted by molar-refractivity contribution is -0.117. The molecule has 4 nitrogen and oxygen atoms in total. The van der Waals surface area contributed by atoms with E-state index in [1.54, 1.807) is 48.5 Å². The van der Waals surface area contributed by atoms with E-state index >= 15 is 0 Å². The third-order valence-electron chi connectivity index (χ3n) is 2.55. The Hall–Kier alpha value is -1.98. The molecule has 0 atom stereocenters. The number of halogens is 1. The highest BCUT2D eigenvalue weighted by Crippen LogP contribution is 2.21. The van der Waals surface area contributed by atoms with Crippen molar-refractivity contribution in [1.29, 1.82) is 0 Å². The topological polar surface area (TPSA) is 66.4 Å². The molecular weight excluding hydrogens is 310 g/mol. The average molecular weight is 322 g/mol. The summed E-state index contributed by atoms with van der Waals surface area (Å²) in [5.41, 5.74) is 0.370. The van der Waals surface area contributed by atoms with Crippen molar-refractivity contribution < 1.29 is 14.7 Å². The molecule has 0 radical (unpaired) electrons. The van der Waals surface area contributed by atoms with Gasteiger partial charge in [0, 0.05) is 15.5 Å². The zero-order valence-electron chi connectivity index (χ0n) is 10.9. The summed E-state index contributed by atoms with van der Waals surface area (Å²) in [5, 5.41) is 12.1. The van der Waals surface area contributed by atoms with E-state index in [-0.39, 0.29) is 11.5 Å². The van der Waals surface area contributed by atoms with Gasteiger partial charge in [0.05, 0.1) is 5.75 Å². The Labute approximate surface area is 131 Å². The van der Waals surface area contributed by atoms with E-state index in [1.165, 1.54) is 11.8 Å². The molecule has 2 rings (SSSR count). The molecule has 21 heavy (non-hydrogen) atoms. The molecule has 0 saturated heterocycles. The van der Waals surface area contributed by atoms with Crippen LogP contribution in [0.1, 0.15) is 10.4 Å². The number of hydrogen-bond acceptors (Lipinski definition) is 4. The van der Waals surface area contributed by atoms with Gasteiger partial charge in [0.2, 0.25) is 5.91 Å². The summed E-state index contributed by atoms with van der Waals surface area (Å²) in [4.78, 5) is 24.3. The first-order valence-electron chi connectivity index (χ1n) is 6.06. The van der Waals surface area contributed by atoms with Gasteiger partial charge in [0.15, 0.2) is 0 Å². The normalized spacial score (nSPS) is 10.1. The minimum atomic E-state index is -0.465. The number of phenols is 1. The number of thioether (sulfide) groups is 1. The van der Waals surface area contributed by atoms with Crippen molar-refractivity contribution in [2.75, 3.05) is 5.75 Å². The summed E-state index contributed by atoms with van der Waals surface area (Å²) in [6.45, 7) is 0. The van der Waals surface area contributed by atoms with Crippen LogP contribution in [0.5, 0.6) is 5.75 Å². The summed E-state index contributed by atoms with van der Waals surface area (Å²) in [7, 11) is 0. The van der Waals surface area contributed by atoms with Gasteiger partial charge in [-0.2, -0.15) is 0 Å². The second-order valence-corrected chi connectivity index (χ2v) is 5.66. The van der Waals surface area contributed by atoms with Crippen LogP contribution in [0.25, 0.3) is 0 Å². The fraction of sp³-hybridized carbons (Fsp3) is 0.0667. The maximum atomic E-state index is 11.8. The molecule has 0 bridgehead atoms. The lowest BCUT2D eigenvalue weighted by atomic mass is 10.2. The van der Waals surface area contributed by atoms with Gasteiger partial charge in [-0.3, -0.25) is 14.9 Å². The maximum absolute atomic E-state index is 11.8. The lowest BCUT2D eigenvalue weighted by Gasteiger charge is -2.05. The average Bonchev–Trinajstić information content (AvgIpc) is 2.46. The maximum Gasteiger partial charge on any atom is 0.257 e. The Morgan fingerprint density at radius 1 is 1.14 bits per heavy atom. The van der Waals surface area contributed by atoms with E-state index in [2.05, 4.69) is 5.32 Å².